The number of carbonyl (C=O) groups is 3. The fourth-order valence-electron chi connectivity index (χ4n) is 2.11. The third-order valence-corrected chi connectivity index (χ3v) is 3.49. The van der Waals surface area contributed by atoms with Crippen molar-refractivity contribution in [2.45, 2.75) is 18.9 Å². The average molecular weight is 326 g/mol. The Morgan fingerprint density at radius 2 is 2.16 bits per heavy atom. The molecule has 1 N–H and O–H groups in total. The van der Waals surface area contributed by atoms with Crippen LogP contribution < -0.4 is 0 Å². The number of carboxylic acid groups (broad SMARTS) is 1. The van der Waals surface area contributed by atoms with E-state index >= 15 is 0 Å². The molecule has 19 heavy (non-hydrogen) atoms. The summed E-state index contributed by atoms with van der Waals surface area (Å²) in [5.74, 6) is -1.74. The molecule has 0 spiro atoms. The number of carbonyl (C=O) groups excluding carboxylic acids is 2. The van der Waals surface area contributed by atoms with Crippen molar-refractivity contribution in [1.29, 1.82) is 0 Å². The summed E-state index contributed by atoms with van der Waals surface area (Å²) in [6, 6.07) is 6.24. The Labute approximate surface area is 118 Å². The van der Waals surface area contributed by atoms with Crippen LogP contribution in [0.3, 0.4) is 0 Å². The van der Waals surface area contributed by atoms with E-state index in [2.05, 4.69) is 15.9 Å². The van der Waals surface area contributed by atoms with Crippen molar-refractivity contribution in [1.82, 2.24) is 4.90 Å². The minimum Gasteiger partial charge on any atom is -0.480 e. The molecule has 100 valence electrons. The fraction of sp³-hybridized carbons (Fsp3) is 0.308. The second-order valence-corrected chi connectivity index (χ2v) is 5.34. The lowest BCUT2D eigenvalue weighted by atomic mass is 10.1. The Morgan fingerprint density at radius 3 is 2.68 bits per heavy atom. The summed E-state index contributed by atoms with van der Waals surface area (Å²) in [6.45, 7) is -0.107. The number of nitrogens with zero attached hydrogens (tertiary/aromatic N) is 1. The van der Waals surface area contributed by atoms with Gasteiger partial charge in [0.05, 0.1) is 13.0 Å². The number of halogens is 1. The number of carboxylic acids is 1. The van der Waals surface area contributed by atoms with Crippen molar-refractivity contribution in [3.63, 3.8) is 0 Å². The van der Waals surface area contributed by atoms with Crippen LogP contribution in [-0.2, 0) is 20.8 Å². The largest absolute Gasteiger partial charge is 0.480 e. The molecule has 0 aliphatic carbocycles. The zero-order valence-corrected chi connectivity index (χ0v) is 11.6. The van der Waals surface area contributed by atoms with Gasteiger partial charge in [0.2, 0.25) is 5.91 Å². The minimum absolute atomic E-state index is 0.107. The van der Waals surface area contributed by atoms with E-state index in [1.807, 2.05) is 6.07 Å². The summed E-state index contributed by atoms with van der Waals surface area (Å²) < 4.78 is 0.845. The molecule has 1 saturated heterocycles. The van der Waals surface area contributed by atoms with E-state index in [4.69, 9.17) is 0 Å². The molecule has 0 radical (unpaired) electrons. The van der Waals surface area contributed by atoms with Gasteiger partial charge in [-0.1, -0.05) is 28.1 Å². The molecule has 1 unspecified atom stereocenters. The lowest BCUT2D eigenvalue weighted by molar-refractivity contribution is -0.148. The summed E-state index contributed by atoms with van der Waals surface area (Å²) in [5, 5.41) is 9.25. The van der Waals surface area contributed by atoms with Crippen molar-refractivity contribution < 1.29 is 19.5 Å². The number of likely N-dealkylation sites (tertiary alicyclic amines) is 1. The van der Waals surface area contributed by atoms with Crippen LogP contribution in [0.4, 0.5) is 0 Å². The number of hydrogen-bond acceptors (Lipinski definition) is 3. The minimum atomic E-state index is -1.09. The maximum atomic E-state index is 11.6. The van der Waals surface area contributed by atoms with E-state index in [0.717, 1.165) is 14.9 Å². The zero-order chi connectivity index (χ0) is 14.0. The normalized spacial score (nSPS) is 16.8. The molecule has 2 rings (SSSR count). The third kappa shape index (κ3) is 3.20. The molecular weight excluding hydrogens is 314 g/mol. The topological polar surface area (TPSA) is 74.7 Å². The fourth-order valence-corrected chi connectivity index (χ4v) is 2.55. The molecule has 6 heteroatoms. The van der Waals surface area contributed by atoms with Crippen molar-refractivity contribution in [2.24, 2.45) is 0 Å². The first-order chi connectivity index (χ1) is 8.97. The zero-order valence-electron chi connectivity index (χ0n) is 10.0. The summed E-state index contributed by atoms with van der Waals surface area (Å²) >= 11 is 3.31. The third-order valence-electron chi connectivity index (χ3n) is 2.99. The predicted molar refractivity (Wildman–Crippen MR) is 70.6 cm³/mol. The van der Waals surface area contributed by atoms with E-state index in [9.17, 15) is 19.5 Å². The maximum Gasteiger partial charge on any atom is 0.326 e. The van der Waals surface area contributed by atoms with Crippen molar-refractivity contribution in [3.8, 4) is 0 Å². The quantitative estimate of drug-likeness (QED) is 0.845. The first-order valence-corrected chi connectivity index (χ1v) is 6.55. The van der Waals surface area contributed by atoms with E-state index in [0.29, 0.717) is 0 Å². The molecule has 1 atom stereocenters. The van der Waals surface area contributed by atoms with Gasteiger partial charge in [0.15, 0.2) is 5.78 Å². The second kappa shape index (κ2) is 5.52. The Morgan fingerprint density at radius 1 is 1.42 bits per heavy atom. The van der Waals surface area contributed by atoms with Crippen molar-refractivity contribution >= 4 is 33.6 Å². The summed E-state index contributed by atoms with van der Waals surface area (Å²) in [4.78, 5) is 35.3. The molecule has 1 fully saturated rings. The van der Waals surface area contributed by atoms with Gasteiger partial charge in [0.25, 0.3) is 0 Å². The molecule has 1 aliphatic rings. The number of aliphatic carboxylic acids is 1. The molecule has 1 aliphatic heterocycles. The number of Topliss-reactive ketones (excluding diaryl/α,β-unsaturated/α-hetero) is 1. The van der Waals surface area contributed by atoms with Crippen LogP contribution in [0.2, 0.25) is 0 Å². The van der Waals surface area contributed by atoms with Gasteiger partial charge in [0, 0.05) is 10.9 Å². The van der Waals surface area contributed by atoms with Gasteiger partial charge in [-0.2, -0.15) is 0 Å². The number of benzene rings is 1. The molecule has 1 aromatic rings. The number of amides is 1. The number of hydrogen-bond donors (Lipinski definition) is 1. The molecule has 1 aromatic carbocycles. The van der Waals surface area contributed by atoms with Crippen LogP contribution in [0.25, 0.3) is 0 Å². The van der Waals surface area contributed by atoms with Crippen LogP contribution >= 0.6 is 15.9 Å². The molecule has 1 heterocycles. The van der Waals surface area contributed by atoms with Gasteiger partial charge in [0.1, 0.15) is 6.04 Å². The SMILES string of the molecule is O=C1CC(=O)N(C(Cc2cccc(Br)c2)C(=O)O)C1. The molecule has 0 bridgehead atoms. The monoisotopic (exact) mass is 325 g/mol. The summed E-state index contributed by atoms with van der Waals surface area (Å²) in [6.07, 6.45) is -0.00391. The van der Waals surface area contributed by atoms with E-state index in [1.165, 1.54) is 0 Å². The van der Waals surface area contributed by atoms with E-state index in [1.54, 1.807) is 18.2 Å². The highest BCUT2D eigenvalue weighted by atomic mass is 79.9. The van der Waals surface area contributed by atoms with Gasteiger partial charge in [-0.3, -0.25) is 9.59 Å². The van der Waals surface area contributed by atoms with Crippen LogP contribution in [0.5, 0.6) is 0 Å². The predicted octanol–water partition coefficient (Wildman–Crippen LogP) is 1.25. The maximum absolute atomic E-state index is 11.6. The van der Waals surface area contributed by atoms with Crippen LogP contribution in [0.1, 0.15) is 12.0 Å². The molecule has 0 aromatic heterocycles. The van der Waals surface area contributed by atoms with Crippen LogP contribution in [0, 0.1) is 0 Å². The van der Waals surface area contributed by atoms with Gasteiger partial charge in [-0.15, -0.1) is 0 Å². The standard InChI is InChI=1S/C13H12BrNO4/c14-9-3-1-2-8(4-9)5-11(13(18)19)15-7-10(16)6-12(15)17/h1-4,11H,5-7H2,(H,18,19). The Hall–Kier alpha value is -1.69. The number of rotatable bonds is 4. The Balaban J connectivity index is 2.19. The highest BCUT2D eigenvalue weighted by molar-refractivity contribution is 9.10. The summed E-state index contributed by atoms with van der Waals surface area (Å²) in [7, 11) is 0. The first kappa shape index (κ1) is 13.7. The van der Waals surface area contributed by atoms with Gasteiger partial charge < -0.3 is 10.0 Å². The van der Waals surface area contributed by atoms with Crippen LogP contribution in [0.15, 0.2) is 28.7 Å². The van der Waals surface area contributed by atoms with Gasteiger partial charge in [-0.05, 0) is 17.7 Å². The number of ketones is 1. The summed E-state index contributed by atoms with van der Waals surface area (Å²) in [5.41, 5.74) is 0.800. The molecular formula is C13H12BrNO4. The first-order valence-electron chi connectivity index (χ1n) is 5.76. The highest BCUT2D eigenvalue weighted by Gasteiger charge is 2.36. The molecule has 1 amide bonds. The Bertz CT molecular complexity index is 543. The average Bonchev–Trinajstić information content (AvgIpc) is 2.65. The van der Waals surface area contributed by atoms with Gasteiger partial charge >= 0.3 is 5.97 Å². The smallest absolute Gasteiger partial charge is 0.326 e. The van der Waals surface area contributed by atoms with Crippen molar-refractivity contribution in [3.05, 3.63) is 34.3 Å². The lowest BCUT2D eigenvalue weighted by Gasteiger charge is -2.23. The molecule has 0 saturated carbocycles. The van der Waals surface area contributed by atoms with Crippen molar-refractivity contribution in [2.75, 3.05) is 6.54 Å². The lowest BCUT2D eigenvalue weighted by Crippen LogP contribution is -2.43. The molecule has 5 nitrogen and oxygen atoms in total. The van der Waals surface area contributed by atoms with E-state index < -0.39 is 17.9 Å². The van der Waals surface area contributed by atoms with Crippen LogP contribution in [-0.4, -0.2) is 40.3 Å². The second-order valence-electron chi connectivity index (χ2n) is 4.43. The van der Waals surface area contributed by atoms with Gasteiger partial charge in [-0.25, -0.2) is 4.79 Å². The Kier molecular flexibility index (Phi) is 3.99. The highest BCUT2D eigenvalue weighted by Crippen LogP contribution is 2.18. The van der Waals surface area contributed by atoms with E-state index in [-0.39, 0.29) is 25.2 Å².